The van der Waals surface area contributed by atoms with Crippen LogP contribution in [0.1, 0.15) is 48.0 Å². The van der Waals surface area contributed by atoms with Crippen LogP contribution in [0.15, 0.2) is 0 Å². The smallest absolute Gasteiger partial charge is 0.0148 e. The molecule has 0 saturated carbocycles. The van der Waals surface area contributed by atoms with Gasteiger partial charge in [0.05, 0.1) is 0 Å². The third kappa shape index (κ3) is 5.00. The summed E-state index contributed by atoms with van der Waals surface area (Å²) < 4.78 is 0. The molecule has 0 aromatic carbocycles. The van der Waals surface area contributed by atoms with E-state index in [0.717, 1.165) is 12.1 Å². The van der Waals surface area contributed by atoms with Gasteiger partial charge >= 0.3 is 0 Å². The van der Waals surface area contributed by atoms with Crippen molar-refractivity contribution in [3.05, 3.63) is 0 Å². The highest BCUT2D eigenvalue weighted by molar-refractivity contribution is 5.86. The Morgan fingerprint density at radius 1 is 1.00 bits per heavy atom. The summed E-state index contributed by atoms with van der Waals surface area (Å²) in [5, 5.41) is 7.80. The van der Waals surface area contributed by atoms with Crippen LogP contribution >= 0.6 is 0 Å². The number of nitrogens with one attached hydrogen (secondary N) is 1. The minimum absolute atomic E-state index is 0.0489. The van der Waals surface area contributed by atoms with E-state index in [9.17, 15) is 0 Å². The molecule has 11 heavy (non-hydrogen) atoms. The Labute approximate surface area is 70.7 Å². The molecular weight excluding hydrogens is 134 g/mol. The first-order valence-corrected chi connectivity index (χ1v) is 4.21. The summed E-state index contributed by atoms with van der Waals surface area (Å²) in [6, 6.07) is 0. The molecule has 0 aromatic rings. The Morgan fingerprint density at radius 3 is 1.45 bits per heavy atom. The van der Waals surface area contributed by atoms with Crippen molar-refractivity contribution in [3.63, 3.8) is 0 Å². The molecule has 0 aromatic heterocycles. The van der Waals surface area contributed by atoms with Gasteiger partial charge in [0.2, 0.25) is 0 Å². The fraction of sp³-hybridized carbons (Fsp3) is 0.900. The second-order valence-electron chi connectivity index (χ2n) is 5.47. The quantitative estimate of drug-likeness (QED) is 0.560. The van der Waals surface area contributed by atoms with E-state index in [1.165, 1.54) is 0 Å². The molecule has 0 radical (unpaired) electrons. The van der Waals surface area contributed by atoms with Crippen molar-refractivity contribution in [1.82, 2.24) is 0 Å². The van der Waals surface area contributed by atoms with E-state index in [4.69, 9.17) is 5.41 Å². The van der Waals surface area contributed by atoms with Crippen LogP contribution in [0.4, 0.5) is 0 Å². The van der Waals surface area contributed by atoms with Gasteiger partial charge in [0.1, 0.15) is 0 Å². The Hall–Kier alpha value is -0.330. The second kappa shape index (κ2) is 2.96. The van der Waals surface area contributed by atoms with E-state index in [1.807, 2.05) is 0 Å². The minimum atomic E-state index is 0.0489. The molecule has 0 heterocycles. The molecule has 0 spiro atoms. The molecule has 1 N–H and O–H groups in total. The van der Waals surface area contributed by atoms with Gasteiger partial charge in [-0.1, -0.05) is 41.5 Å². The van der Waals surface area contributed by atoms with Gasteiger partial charge in [-0.3, -0.25) is 0 Å². The third-order valence-corrected chi connectivity index (χ3v) is 1.61. The van der Waals surface area contributed by atoms with Crippen LogP contribution in [-0.2, 0) is 0 Å². The largest absolute Gasteiger partial charge is 0.309 e. The lowest BCUT2D eigenvalue weighted by molar-refractivity contribution is 0.412. The van der Waals surface area contributed by atoms with E-state index >= 15 is 0 Å². The Morgan fingerprint density at radius 2 is 1.36 bits per heavy atom. The van der Waals surface area contributed by atoms with Gasteiger partial charge in [0, 0.05) is 5.71 Å². The molecule has 0 amide bonds. The molecule has 0 saturated heterocycles. The molecule has 0 aliphatic rings. The first kappa shape index (κ1) is 10.7. The summed E-state index contributed by atoms with van der Waals surface area (Å²) in [7, 11) is 0. The monoisotopic (exact) mass is 155 g/mol. The lowest BCUT2D eigenvalue weighted by atomic mass is 9.79. The first-order valence-electron chi connectivity index (χ1n) is 4.21. The normalized spacial score (nSPS) is 13.3. The van der Waals surface area contributed by atoms with Gasteiger partial charge in [-0.15, -0.1) is 0 Å². The highest BCUT2D eigenvalue weighted by atomic mass is 14.5. The Balaban J connectivity index is 4.11. The zero-order valence-electron chi connectivity index (χ0n) is 8.71. The van der Waals surface area contributed by atoms with Crippen LogP contribution in [0, 0.1) is 16.2 Å². The molecule has 0 bridgehead atoms. The van der Waals surface area contributed by atoms with Crippen LogP contribution in [0.3, 0.4) is 0 Å². The molecule has 0 fully saturated rings. The predicted octanol–water partition coefficient (Wildman–Crippen LogP) is 3.49. The van der Waals surface area contributed by atoms with E-state index in [2.05, 4.69) is 41.5 Å². The molecular formula is C10H21N. The van der Waals surface area contributed by atoms with Crippen LogP contribution in [0.25, 0.3) is 0 Å². The topological polar surface area (TPSA) is 23.9 Å². The first-order chi connectivity index (χ1) is 4.63. The molecule has 0 aliphatic heterocycles. The predicted molar refractivity (Wildman–Crippen MR) is 51.3 cm³/mol. The van der Waals surface area contributed by atoms with E-state index in [-0.39, 0.29) is 10.8 Å². The summed E-state index contributed by atoms with van der Waals surface area (Å²) in [4.78, 5) is 0. The zero-order valence-corrected chi connectivity index (χ0v) is 8.71. The maximum atomic E-state index is 7.80. The van der Waals surface area contributed by atoms with Crippen molar-refractivity contribution in [2.24, 2.45) is 10.8 Å². The maximum absolute atomic E-state index is 7.80. The van der Waals surface area contributed by atoms with Gasteiger partial charge in [-0.2, -0.15) is 0 Å². The second-order valence-corrected chi connectivity index (χ2v) is 5.47. The van der Waals surface area contributed by atoms with Crippen molar-refractivity contribution < 1.29 is 0 Å². The third-order valence-electron chi connectivity index (χ3n) is 1.61. The number of rotatable bonds is 1. The van der Waals surface area contributed by atoms with E-state index in [1.54, 1.807) is 0 Å². The van der Waals surface area contributed by atoms with Crippen molar-refractivity contribution >= 4 is 5.71 Å². The molecule has 1 heteroatoms. The fourth-order valence-corrected chi connectivity index (χ4v) is 0.795. The fourth-order valence-electron chi connectivity index (χ4n) is 0.795. The van der Waals surface area contributed by atoms with Gasteiger partial charge in [-0.25, -0.2) is 0 Å². The summed E-state index contributed by atoms with van der Waals surface area (Å²) in [5.41, 5.74) is 1.16. The van der Waals surface area contributed by atoms with Crippen LogP contribution in [0.2, 0.25) is 0 Å². The lowest BCUT2D eigenvalue weighted by Crippen LogP contribution is -2.24. The van der Waals surface area contributed by atoms with Crippen LogP contribution in [-0.4, -0.2) is 5.71 Å². The van der Waals surface area contributed by atoms with E-state index in [0.29, 0.717) is 0 Å². The van der Waals surface area contributed by atoms with Crippen molar-refractivity contribution in [2.45, 2.75) is 48.0 Å². The molecule has 0 unspecified atom stereocenters. The Kier molecular flexibility index (Phi) is 2.87. The van der Waals surface area contributed by atoms with Crippen LogP contribution < -0.4 is 0 Å². The summed E-state index contributed by atoms with van der Waals surface area (Å²) >= 11 is 0. The highest BCUT2D eigenvalue weighted by Crippen LogP contribution is 2.26. The zero-order chi connectivity index (χ0) is 9.28. The van der Waals surface area contributed by atoms with Gasteiger partial charge in [-0.05, 0) is 17.3 Å². The van der Waals surface area contributed by atoms with Gasteiger partial charge in [0.25, 0.3) is 0 Å². The SMILES string of the molecule is CC(C)(C)CC(=N)C(C)(C)C. The number of hydrogen-bond acceptors (Lipinski definition) is 1. The average Bonchev–Trinajstić information content (AvgIpc) is 1.56. The lowest BCUT2D eigenvalue weighted by Gasteiger charge is -2.26. The number of hydrogen-bond donors (Lipinski definition) is 1. The van der Waals surface area contributed by atoms with Gasteiger partial charge in [0.15, 0.2) is 0 Å². The van der Waals surface area contributed by atoms with Crippen LogP contribution in [0.5, 0.6) is 0 Å². The summed E-state index contributed by atoms with van der Waals surface area (Å²) in [6.07, 6.45) is 0.899. The molecule has 0 rings (SSSR count). The molecule has 1 nitrogen and oxygen atoms in total. The summed E-state index contributed by atoms with van der Waals surface area (Å²) in [6.45, 7) is 12.8. The highest BCUT2D eigenvalue weighted by Gasteiger charge is 2.22. The maximum Gasteiger partial charge on any atom is 0.0148 e. The molecule has 66 valence electrons. The van der Waals surface area contributed by atoms with Crippen molar-refractivity contribution in [1.29, 1.82) is 5.41 Å². The Bertz CT molecular complexity index is 143. The van der Waals surface area contributed by atoms with Crippen molar-refractivity contribution in [3.8, 4) is 0 Å². The van der Waals surface area contributed by atoms with Gasteiger partial charge < -0.3 is 5.41 Å². The minimum Gasteiger partial charge on any atom is -0.309 e. The molecule has 0 aliphatic carbocycles. The molecule has 0 atom stereocenters. The van der Waals surface area contributed by atoms with Crippen molar-refractivity contribution in [2.75, 3.05) is 0 Å². The average molecular weight is 155 g/mol. The van der Waals surface area contributed by atoms with E-state index < -0.39 is 0 Å². The summed E-state index contributed by atoms with van der Waals surface area (Å²) in [5.74, 6) is 0. The standard InChI is InChI=1S/C10H21N/c1-9(2,3)7-8(11)10(4,5)6/h11H,7H2,1-6H3.